The van der Waals surface area contributed by atoms with Gasteiger partial charge in [0.25, 0.3) is 0 Å². The topological polar surface area (TPSA) is 60.9 Å². The van der Waals surface area contributed by atoms with Gasteiger partial charge in [0.15, 0.2) is 0 Å². The first-order valence-corrected chi connectivity index (χ1v) is 7.41. The van der Waals surface area contributed by atoms with Crippen LogP contribution in [0.15, 0.2) is 36.9 Å². The summed E-state index contributed by atoms with van der Waals surface area (Å²) in [6, 6.07) is 7.98. The fourth-order valence-corrected chi connectivity index (χ4v) is 2.50. The number of rotatable bonds is 6. The summed E-state index contributed by atoms with van der Waals surface area (Å²) in [5.41, 5.74) is 2.20. The fourth-order valence-electron chi connectivity index (χ4n) is 2.50. The van der Waals surface area contributed by atoms with Crippen LogP contribution in [-0.4, -0.2) is 53.0 Å². The van der Waals surface area contributed by atoms with E-state index in [0.717, 1.165) is 5.56 Å². The SMILES string of the molecule is C=CC(=O)N1CC(C(=O)N(CCO)Cc2ccc(C)cc2)C1. The molecule has 1 N–H and O–H groups in total. The summed E-state index contributed by atoms with van der Waals surface area (Å²) in [4.78, 5) is 27.2. The van der Waals surface area contributed by atoms with E-state index in [2.05, 4.69) is 6.58 Å². The molecule has 0 spiro atoms. The van der Waals surface area contributed by atoms with E-state index in [1.165, 1.54) is 11.6 Å². The van der Waals surface area contributed by atoms with Gasteiger partial charge in [0.2, 0.25) is 11.8 Å². The van der Waals surface area contributed by atoms with Crippen molar-refractivity contribution in [3.63, 3.8) is 0 Å². The lowest BCUT2D eigenvalue weighted by Gasteiger charge is -2.40. The van der Waals surface area contributed by atoms with Crippen LogP contribution in [0.5, 0.6) is 0 Å². The van der Waals surface area contributed by atoms with Crippen molar-refractivity contribution in [3.05, 3.63) is 48.0 Å². The van der Waals surface area contributed by atoms with Crippen LogP contribution >= 0.6 is 0 Å². The van der Waals surface area contributed by atoms with Crippen LogP contribution in [0, 0.1) is 12.8 Å². The minimum atomic E-state index is -0.180. The quantitative estimate of drug-likeness (QED) is 0.796. The number of aryl methyl sites for hydroxylation is 1. The Labute approximate surface area is 130 Å². The second kappa shape index (κ2) is 7.22. The smallest absolute Gasteiger partial charge is 0.246 e. The molecule has 1 fully saturated rings. The van der Waals surface area contributed by atoms with Gasteiger partial charge in [-0.15, -0.1) is 0 Å². The van der Waals surface area contributed by atoms with Crippen molar-refractivity contribution >= 4 is 11.8 Å². The molecular weight excluding hydrogens is 280 g/mol. The van der Waals surface area contributed by atoms with Crippen LogP contribution in [0.3, 0.4) is 0 Å². The molecule has 1 heterocycles. The molecule has 1 aliphatic heterocycles. The van der Waals surface area contributed by atoms with E-state index in [9.17, 15) is 14.7 Å². The lowest BCUT2D eigenvalue weighted by Crippen LogP contribution is -2.56. The van der Waals surface area contributed by atoms with Gasteiger partial charge in [-0.2, -0.15) is 0 Å². The first kappa shape index (κ1) is 16.2. The zero-order chi connectivity index (χ0) is 16.1. The van der Waals surface area contributed by atoms with Crippen LogP contribution in [0.25, 0.3) is 0 Å². The number of amides is 2. The Morgan fingerprint density at radius 2 is 2.00 bits per heavy atom. The summed E-state index contributed by atoms with van der Waals surface area (Å²) in [5, 5.41) is 9.19. The van der Waals surface area contributed by atoms with Gasteiger partial charge in [0.05, 0.1) is 12.5 Å². The van der Waals surface area contributed by atoms with Gasteiger partial charge >= 0.3 is 0 Å². The number of likely N-dealkylation sites (tertiary alicyclic amines) is 1. The van der Waals surface area contributed by atoms with Crippen molar-refractivity contribution in [2.24, 2.45) is 5.92 Å². The number of nitrogens with zero attached hydrogens (tertiary/aromatic N) is 2. The third-order valence-electron chi connectivity index (χ3n) is 3.89. The molecule has 1 aromatic carbocycles. The summed E-state index contributed by atoms with van der Waals surface area (Å²) in [5.74, 6) is -0.333. The Bertz CT molecular complexity index is 548. The van der Waals surface area contributed by atoms with Gasteiger partial charge in [-0.3, -0.25) is 9.59 Å². The number of aliphatic hydroxyl groups is 1. The molecule has 0 radical (unpaired) electrons. The van der Waals surface area contributed by atoms with Crippen molar-refractivity contribution in [2.45, 2.75) is 13.5 Å². The Balaban J connectivity index is 1.96. The molecule has 1 aliphatic rings. The number of hydrogen-bond donors (Lipinski definition) is 1. The van der Waals surface area contributed by atoms with Crippen LogP contribution in [-0.2, 0) is 16.1 Å². The van der Waals surface area contributed by atoms with Gasteiger partial charge in [-0.1, -0.05) is 36.4 Å². The van der Waals surface area contributed by atoms with Crippen molar-refractivity contribution < 1.29 is 14.7 Å². The third kappa shape index (κ3) is 3.74. The van der Waals surface area contributed by atoms with Gasteiger partial charge in [0.1, 0.15) is 0 Å². The summed E-state index contributed by atoms with van der Waals surface area (Å²) >= 11 is 0. The molecule has 22 heavy (non-hydrogen) atoms. The predicted octanol–water partition coefficient (Wildman–Crippen LogP) is 0.960. The Morgan fingerprint density at radius 3 is 2.55 bits per heavy atom. The maximum absolute atomic E-state index is 12.5. The average molecular weight is 302 g/mol. The van der Waals surface area contributed by atoms with E-state index in [-0.39, 0.29) is 24.3 Å². The van der Waals surface area contributed by atoms with Gasteiger partial charge in [-0.25, -0.2) is 0 Å². The molecule has 1 saturated heterocycles. The minimum absolute atomic E-state index is 0.0114. The van der Waals surface area contributed by atoms with Crippen LogP contribution in [0.1, 0.15) is 11.1 Å². The maximum Gasteiger partial charge on any atom is 0.246 e. The van der Waals surface area contributed by atoms with Crippen molar-refractivity contribution in [2.75, 3.05) is 26.2 Å². The normalized spacial score (nSPS) is 14.4. The van der Waals surface area contributed by atoms with E-state index in [0.29, 0.717) is 26.2 Å². The van der Waals surface area contributed by atoms with Gasteiger partial charge in [-0.05, 0) is 18.6 Å². The van der Waals surface area contributed by atoms with Gasteiger partial charge < -0.3 is 14.9 Å². The highest BCUT2D eigenvalue weighted by Crippen LogP contribution is 2.20. The van der Waals surface area contributed by atoms with E-state index in [4.69, 9.17) is 0 Å². The first-order chi connectivity index (χ1) is 10.5. The zero-order valence-corrected chi connectivity index (χ0v) is 12.9. The molecule has 0 unspecified atom stereocenters. The number of carbonyl (C=O) groups is 2. The van der Waals surface area contributed by atoms with Crippen LogP contribution in [0.2, 0.25) is 0 Å². The molecule has 0 saturated carbocycles. The Morgan fingerprint density at radius 1 is 1.36 bits per heavy atom. The summed E-state index contributed by atoms with van der Waals surface area (Å²) < 4.78 is 0. The molecule has 0 atom stereocenters. The van der Waals surface area contributed by atoms with Crippen molar-refractivity contribution in [1.29, 1.82) is 0 Å². The lowest BCUT2D eigenvalue weighted by molar-refractivity contribution is -0.147. The lowest BCUT2D eigenvalue weighted by atomic mass is 9.97. The summed E-state index contributed by atoms with van der Waals surface area (Å²) in [6.07, 6.45) is 1.26. The van der Waals surface area contributed by atoms with E-state index >= 15 is 0 Å². The van der Waals surface area contributed by atoms with E-state index < -0.39 is 0 Å². The van der Waals surface area contributed by atoms with Crippen LogP contribution in [0.4, 0.5) is 0 Å². The van der Waals surface area contributed by atoms with Crippen molar-refractivity contribution in [3.8, 4) is 0 Å². The number of benzene rings is 1. The second-order valence-corrected chi connectivity index (χ2v) is 5.61. The summed E-state index contributed by atoms with van der Waals surface area (Å²) in [7, 11) is 0. The molecule has 118 valence electrons. The van der Waals surface area contributed by atoms with Crippen LogP contribution < -0.4 is 0 Å². The van der Waals surface area contributed by atoms with E-state index in [1.54, 1.807) is 9.80 Å². The third-order valence-corrected chi connectivity index (χ3v) is 3.89. The van der Waals surface area contributed by atoms with Crippen molar-refractivity contribution in [1.82, 2.24) is 9.80 Å². The minimum Gasteiger partial charge on any atom is -0.395 e. The molecule has 0 aliphatic carbocycles. The molecule has 2 amide bonds. The highest BCUT2D eigenvalue weighted by atomic mass is 16.3. The number of aliphatic hydroxyl groups excluding tert-OH is 1. The molecular formula is C17H22N2O3. The standard InChI is InChI=1S/C17H22N2O3/c1-3-16(21)19-11-15(12-19)17(22)18(8-9-20)10-14-6-4-13(2)5-7-14/h3-7,15,20H,1,8-12H2,2H3. The predicted molar refractivity (Wildman–Crippen MR) is 83.9 cm³/mol. The molecule has 5 heteroatoms. The Kier molecular flexibility index (Phi) is 5.33. The highest BCUT2D eigenvalue weighted by Gasteiger charge is 2.36. The van der Waals surface area contributed by atoms with E-state index in [1.807, 2.05) is 31.2 Å². The number of carbonyl (C=O) groups excluding carboxylic acids is 2. The molecule has 0 aromatic heterocycles. The fraction of sp³-hybridized carbons (Fsp3) is 0.412. The monoisotopic (exact) mass is 302 g/mol. The van der Waals surface area contributed by atoms with Gasteiger partial charge in [0, 0.05) is 26.2 Å². The average Bonchev–Trinajstić information content (AvgIpc) is 2.47. The first-order valence-electron chi connectivity index (χ1n) is 7.41. The highest BCUT2D eigenvalue weighted by molar-refractivity contribution is 5.90. The molecule has 1 aromatic rings. The molecule has 5 nitrogen and oxygen atoms in total. The summed E-state index contributed by atoms with van der Waals surface area (Å²) in [6.45, 7) is 7.03. The zero-order valence-electron chi connectivity index (χ0n) is 12.9. The number of hydrogen-bond acceptors (Lipinski definition) is 3. The molecule has 2 rings (SSSR count). The second-order valence-electron chi connectivity index (χ2n) is 5.61. The maximum atomic E-state index is 12.5. The molecule has 0 bridgehead atoms. The Hall–Kier alpha value is -2.14. The largest absolute Gasteiger partial charge is 0.395 e.